The molecule has 0 saturated heterocycles. The second-order valence-corrected chi connectivity index (χ2v) is 4.12. The van der Waals surface area contributed by atoms with Crippen molar-refractivity contribution in [2.75, 3.05) is 0 Å². The third-order valence-electron chi connectivity index (χ3n) is 2.92. The van der Waals surface area contributed by atoms with Crippen LogP contribution in [0.3, 0.4) is 0 Å². The summed E-state index contributed by atoms with van der Waals surface area (Å²) in [6.45, 7) is 0. The zero-order chi connectivity index (χ0) is 13.1. The van der Waals surface area contributed by atoms with Crippen LogP contribution in [-0.4, -0.2) is 22.2 Å². The van der Waals surface area contributed by atoms with Crippen LogP contribution in [-0.2, 0) is 4.79 Å². The predicted octanol–water partition coefficient (Wildman–Crippen LogP) is 2.44. The normalized spacial score (nSPS) is 18.2. The van der Waals surface area contributed by atoms with Crippen LogP contribution in [0.25, 0.3) is 0 Å². The van der Waals surface area contributed by atoms with Crippen LogP contribution in [0, 0.1) is 0 Å². The molecule has 1 atom stereocenters. The lowest BCUT2D eigenvalue weighted by Crippen LogP contribution is -2.09. The minimum absolute atomic E-state index is 0.0830. The summed E-state index contributed by atoms with van der Waals surface area (Å²) >= 11 is 0. The molecule has 0 spiro atoms. The number of hydrogen-bond acceptors (Lipinski definition) is 2. The van der Waals surface area contributed by atoms with Crippen LogP contribution < -0.4 is 0 Å². The van der Waals surface area contributed by atoms with Crippen LogP contribution in [0.5, 0.6) is 0 Å². The Bertz CT molecular complexity index is 555. The first kappa shape index (κ1) is 12.1. The maximum Gasteiger partial charge on any atom is 0.335 e. The molecule has 0 amide bonds. The van der Waals surface area contributed by atoms with Gasteiger partial charge in [-0.15, -0.1) is 0 Å². The Morgan fingerprint density at radius 2 is 1.94 bits per heavy atom. The van der Waals surface area contributed by atoms with Crippen LogP contribution in [0.15, 0.2) is 48.1 Å². The maximum absolute atomic E-state index is 10.9. The van der Waals surface area contributed by atoms with E-state index in [-0.39, 0.29) is 11.5 Å². The van der Waals surface area contributed by atoms with E-state index in [1.165, 1.54) is 6.07 Å². The largest absolute Gasteiger partial charge is 0.478 e. The fourth-order valence-electron chi connectivity index (χ4n) is 1.97. The SMILES string of the molecule is O=C(O)C1=CC=CC(c2cccc(C(=O)O)c2)C1. The van der Waals surface area contributed by atoms with Crippen LogP contribution >= 0.6 is 0 Å². The molecule has 1 aliphatic carbocycles. The molecule has 1 unspecified atom stereocenters. The standard InChI is InChI=1S/C14H12O4/c15-13(16)11-5-1-3-9(7-11)10-4-2-6-12(8-10)14(17)18/h1-7,10H,8H2,(H,15,16)(H,17,18). The minimum atomic E-state index is -0.981. The number of carbonyl (C=O) groups is 2. The highest BCUT2D eigenvalue weighted by Gasteiger charge is 2.18. The Hall–Kier alpha value is -2.36. The number of rotatable bonds is 3. The summed E-state index contributed by atoms with van der Waals surface area (Å²) in [4.78, 5) is 21.8. The number of aromatic carboxylic acids is 1. The van der Waals surface area contributed by atoms with Crippen LogP contribution in [0.1, 0.15) is 28.3 Å². The molecule has 0 radical (unpaired) electrons. The number of carboxylic acids is 2. The van der Waals surface area contributed by atoms with Crippen molar-refractivity contribution in [2.24, 2.45) is 0 Å². The van der Waals surface area contributed by atoms with Crippen molar-refractivity contribution in [3.05, 3.63) is 59.2 Å². The second-order valence-electron chi connectivity index (χ2n) is 4.12. The molecule has 2 rings (SSSR count). The first-order valence-corrected chi connectivity index (χ1v) is 5.52. The first-order valence-electron chi connectivity index (χ1n) is 5.52. The number of aliphatic carboxylic acids is 1. The lowest BCUT2D eigenvalue weighted by Gasteiger charge is -2.17. The van der Waals surface area contributed by atoms with E-state index in [9.17, 15) is 9.59 Å². The van der Waals surface area contributed by atoms with Gasteiger partial charge in [0.25, 0.3) is 0 Å². The summed E-state index contributed by atoms with van der Waals surface area (Å²) < 4.78 is 0. The molecule has 0 saturated carbocycles. The number of benzene rings is 1. The Balaban J connectivity index is 2.26. The van der Waals surface area contributed by atoms with Crippen molar-refractivity contribution < 1.29 is 19.8 Å². The van der Waals surface area contributed by atoms with Gasteiger partial charge >= 0.3 is 11.9 Å². The van der Waals surface area contributed by atoms with Gasteiger partial charge in [-0.1, -0.05) is 30.4 Å². The van der Waals surface area contributed by atoms with E-state index in [0.717, 1.165) is 5.56 Å². The van der Waals surface area contributed by atoms with E-state index in [1.807, 2.05) is 12.1 Å². The summed E-state index contributed by atoms with van der Waals surface area (Å²) in [6, 6.07) is 6.59. The average molecular weight is 244 g/mol. The third-order valence-corrected chi connectivity index (χ3v) is 2.92. The summed E-state index contributed by atoms with van der Waals surface area (Å²) in [5, 5.41) is 17.9. The van der Waals surface area contributed by atoms with Gasteiger partial charge in [0.1, 0.15) is 0 Å². The quantitative estimate of drug-likeness (QED) is 0.856. The molecule has 92 valence electrons. The third kappa shape index (κ3) is 2.48. The van der Waals surface area contributed by atoms with Crippen molar-refractivity contribution in [1.82, 2.24) is 0 Å². The van der Waals surface area contributed by atoms with Crippen molar-refractivity contribution in [3.8, 4) is 0 Å². The fraction of sp³-hybridized carbons (Fsp3) is 0.143. The zero-order valence-corrected chi connectivity index (χ0v) is 9.54. The molecule has 1 aromatic carbocycles. The maximum atomic E-state index is 10.9. The van der Waals surface area contributed by atoms with Crippen molar-refractivity contribution in [1.29, 1.82) is 0 Å². The van der Waals surface area contributed by atoms with Gasteiger partial charge in [-0.05, 0) is 24.1 Å². The lowest BCUT2D eigenvalue weighted by atomic mass is 9.87. The molecule has 4 heteroatoms. The summed E-state index contributed by atoms with van der Waals surface area (Å²) in [5.74, 6) is -2.00. The van der Waals surface area contributed by atoms with E-state index in [4.69, 9.17) is 10.2 Å². The summed E-state index contributed by atoms with van der Waals surface area (Å²) in [5.41, 5.74) is 1.37. The smallest absolute Gasteiger partial charge is 0.335 e. The second kappa shape index (κ2) is 4.87. The van der Waals surface area contributed by atoms with Gasteiger partial charge in [0.15, 0.2) is 0 Å². The van der Waals surface area contributed by atoms with E-state index in [1.54, 1.807) is 24.3 Å². The van der Waals surface area contributed by atoms with E-state index in [0.29, 0.717) is 12.0 Å². The molecular weight excluding hydrogens is 232 g/mol. The monoisotopic (exact) mass is 244 g/mol. The predicted molar refractivity (Wildman–Crippen MR) is 65.6 cm³/mol. The van der Waals surface area contributed by atoms with Gasteiger partial charge in [0, 0.05) is 11.5 Å². The van der Waals surface area contributed by atoms with Gasteiger partial charge in [0.05, 0.1) is 5.56 Å². The van der Waals surface area contributed by atoms with Gasteiger partial charge in [0.2, 0.25) is 0 Å². The molecule has 0 heterocycles. The van der Waals surface area contributed by atoms with Crippen molar-refractivity contribution in [3.63, 3.8) is 0 Å². The highest BCUT2D eigenvalue weighted by molar-refractivity contribution is 5.88. The first-order chi connectivity index (χ1) is 8.58. The Morgan fingerprint density at radius 3 is 2.61 bits per heavy atom. The topological polar surface area (TPSA) is 74.6 Å². The highest BCUT2D eigenvalue weighted by atomic mass is 16.4. The molecule has 0 bridgehead atoms. The van der Waals surface area contributed by atoms with E-state index in [2.05, 4.69) is 0 Å². The average Bonchev–Trinajstić information content (AvgIpc) is 2.39. The van der Waals surface area contributed by atoms with Crippen molar-refractivity contribution >= 4 is 11.9 Å². The molecule has 2 N–H and O–H groups in total. The zero-order valence-electron chi connectivity index (χ0n) is 9.54. The Kier molecular flexibility index (Phi) is 3.28. The summed E-state index contributed by atoms with van der Waals surface area (Å²) in [7, 11) is 0. The van der Waals surface area contributed by atoms with Gasteiger partial charge in [-0.3, -0.25) is 0 Å². The molecular formula is C14H12O4. The van der Waals surface area contributed by atoms with Crippen LogP contribution in [0.2, 0.25) is 0 Å². The molecule has 0 fully saturated rings. The highest BCUT2D eigenvalue weighted by Crippen LogP contribution is 2.29. The molecule has 18 heavy (non-hydrogen) atoms. The Labute approximate surface area is 104 Å². The van der Waals surface area contributed by atoms with Gasteiger partial charge < -0.3 is 10.2 Å². The molecule has 1 aliphatic rings. The number of allylic oxidation sites excluding steroid dienone is 3. The number of hydrogen-bond donors (Lipinski definition) is 2. The van der Waals surface area contributed by atoms with E-state index < -0.39 is 11.9 Å². The molecule has 1 aromatic rings. The van der Waals surface area contributed by atoms with Gasteiger partial charge in [-0.25, -0.2) is 9.59 Å². The number of carboxylic acid groups (broad SMARTS) is 2. The summed E-state index contributed by atoms with van der Waals surface area (Å²) in [6.07, 6.45) is 5.53. The molecule has 4 nitrogen and oxygen atoms in total. The Morgan fingerprint density at radius 1 is 1.17 bits per heavy atom. The lowest BCUT2D eigenvalue weighted by molar-refractivity contribution is -0.132. The van der Waals surface area contributed by atoms with E-state index >= 15 is 0 Å². The minimum Gasteiger partial charge on any atom is -0.478 e. The van der Waals surface area contributed by atoms with Crippen molar-refractivity contribution in [2.45, 2.75) is 12.3 Å². The molecule has 0 aromatic heterocycles. The van der Waals surface area contributed by atoms with Crippen LogP contribution in [0.4, 0.5) is 0 Å². The van der Waals surface area contributed by atoms with Gasteiger partial charge in [-0.2, -0.15) is 0 Å². The fourth-order valence-corrected chi connectivity index (χ4v) is 1.97. The molecule has 0 aliphatic heterocycles.